The molecule has 0 atom stereocenters. The lowest BCUT2D eigenvalue weighted by molar-refractivity contribution is 0.0696. The molecule has 0 fully saturated rings. The largest absolute Gasteiger partial charge is 0.496 e. The van der Waals surface area contributed by atoms with Crippen LogP contribution in [-0.2, 0) is 13.1 Å². The summed E-state index contributed by atoms with van der Waals surface area (Å²) in [5.41, 5.74) is 3.63. The van der Waals surface area contributed by atoms with Gasteiger partial charge in [0, 0.05) is 13.1 Å². The van der Waals surface area contributed by atoms with Crippen molar-refractivity contribution >= 4 is 5.97 Å². The highest BCUT2D eigenvalue weighted by Crippen LogP contribution is 2.19. The Balaban J connectivity index is 2.03. The molecule has 0 saturated heterocycles. The Bertz CT molecular complexity index is 667. The monoisotopic (exact) mass is 299 g/mol. The SMILES string of the molecule is COc1ccc(CN(C)Cc2cccc(C(=O)O)c2)cc1C. The van der Waals surface area contributed by atoms with Gasteiger partial charge in [-0.3, -0.25) is 4.90 Å². The van der Waals surface area contributed by atoms with Crippen LogP contribution in [0.4, 0.5) is 0 Å². The quantitative estimate of drug-likeness (QED) is 0.889. The second-order valence-electron chi connectivity index (χ2n) is 5.48. The van der Waals surface area contributed by atoms with Crippen LogP contribution in [0.1, 0.15) is 27.0 Å². The van der Waals surface area contributed by atoms with Gasteiger partial charge in [0.15, 0.2) is 0 Å². The molecule has 4 nitrogen and oxygen atoms in total. The van der Waals surface area contributed by atoms with Crippen LogP contribution >= 0.6 is 0 Å². The second-order valence-corrected chi connectivity index (χ2v) is 5.48. The number of carbonyl (C=O) groups is 1. The molecule has 0 amide bonds. The molecule has 0 heterocycles. The Morgan fingerprint density at radius 3 is 2.41 bits per heavy atom. The summed E-state index contributed by atoms with van der Waals surface area (Å²) in [6, 6.07) is 13.2. The molecule has 2 aromatic carbocycles. The van der Waals surface area contributed by atoms with E-state index in [1.807, 2.05) is 26.1 Å². The zero-order valence-electron chi connectivity index (χ0n) is 13.2. The number of hydrogen-bond donors (Lipinski definition) is 1. The molecule has 0 aliphatic heterocycles. The zero-order valence-corrected chi connectivity index (χ0v) is 13.2. The Labute approximate surface area is 131 Å². The van der Waals surface area contributed by atoms with Gasteiger partial charge in [-0.05, 0) is 48.9 Å². The van der Waals surface area contributed by atoms with E-state index in [1.165, 1.54) is 5.56 Å². The van der Waals surface area contributed by atoms with Crippen molar-refractivity contribution in [3.05, 3.63) is 64.7 Å². The van der Waals surface area contributed by atoms with E-state index in [4.69, 9.17) is 9.84 Å². The molecule has 22 heavy (non-hydrogen) atoms. The van der Waals surface area contributed by atoms with Crippen molar-refractivity contribution in [1.29, 1.82) is 0 Å². The van der Waals surface area contributed by atoms with Crippen LogP contribution in [0, 0.1) is 6.92 Å². The van der Waals surface area contributed by atoms with Gasteiger partial charge in [-0.25, -0.2) is 4.79 Å². The van der Waals surface area contributed by atoms with Crippen molar-refractivity contribution in [2.24, 2.45) is 0 Å². The molecular formula is C18H21NO3. The molecule has 116 valence electrons. The van der Waals surface area contributed by atoms with Crippen molar-refractivity contribution < 1.29 is 14.6 Å². The topological polar surface area (TPSA) is 49.8 Å². The smallest absolute Gasteiger partial charge is 0.335 e. The minimum absolute atomic E-state index is 0.325. The number of aromatic carboxylic acids is 1. The summed E-state index contributed by atoms with van der Waals surface area (Å²) in [6.45, 7) is 3.52. The van der Waals surface area contributed by atoms with Gasteiger partial charge in [0.05, 0.1) is 12.7 Å². The summed E-state index contributed by atoms with van der Waals surface area (Å²) < 4.78 is 5.27. The summed E-state index contributed by atoms with van der Waals surface area (Å²) in [7, 11) is 3.69. The first-order valence-electron chi connectivity index (χ1n) is 7.14. The first kappa shape index (κ1) is 16.0. The first-order chi connectivity index (χ1) is 10.5. The third-order valence-electron chi connectivity index (χ3n) is 3.54. The van der Waals surface area contributed by atoms with Crippen molar-refractivity contribution in [2.45, 2.75) is 20.0 Å². The first-order valence-corrected chi connectivity index (χ1v) is 7.14. The highest BCUT2D eigenvalue weighted by atomic mass is 16.5. The van der Waals surface area contributed by atoms with Crippen LogP contribution in [0.25, 0.3) is 0 Å². The fraction of sp³-hybridized carbons (Fsp3) is 0.278. The van der Waals surface area contributed by atoms with Crippen LogP contribution in [-0.4, -0.2) is 30.1 Å². The molecule has 0 unspecified atom stereocenters. The van der Waals surface area contributed by atoms with E-state index < -0.39 is 5.97 Å². The Morgan fingerprint density at radius 2 is 1.82 bits per heavy atom. The number of aryl methyl sites for hydroxylation is 1. The molecule has 0 saturated carbocycles. The summed E-state index contributed by atoms with van der Waals surface area (Å²) >= 11 is 0. The van der Waals surface area contributed by atoms with Crippen LogP contribution in [0.3, 0.4) is 0 Å². The predicted molar refractivity (Wildman–Crippen MR) is 86.3 cm³/mol. The lowest BCUT2D eigenvalue weighted by Crippen LogP contribution is -2.17. The zero-order chi connectivity index (χ0) is 16.1. The van der Waals surface area contributed by atoms with Crippen molar-refractivity contribution in [3.63, 3.8) is 0 Å². The standard InChI is InChI=1S/C18H21NO3/c1-13-9-15(7-8-17(13)22-3)12-19(2)11-14-5-4-6-16(10-14)18(20)21/h4-10H,11-12H2,1-3H3,(H,20,21). The third-order valence-corrected chi connectivity index (χ3v) is 3.54. The van der Waals surface area contributed by atoms with Gasteiger partial charge in [0.25, 0.3) is 0 Å². The average molecular weight is 299 g/mol. The normalized spacial score (nSPS) is 10.7. The summed E-state index contributed by atoms with van der Waals surface area (Å²) in [5.74, 6) is -0.00385. The van der Waals surface area contributed by atoms with Crippen molar-refractivity contribution in [1.82, 2.24) is 4.90 Å². The van der Waals surface area contributed by atoms with Gasteiger partial charge in [-0.2, -0.15) is 0 Å². The molecule has 0 spiro atoms. The summed E-state index contributed by atoms with van der Waals surface area (Å²) in [4.78, 5) is 13.2. The van der Waals surface area contributed by atoms with E-state index in [2.05, 4.69) is 17.0 Å². The number of ether oxygens (including phenoxy) is 1. The fourth-order valence-electron chi connectivity index (χ4n) is 2.52. The maximum atomic E-state index is 11.0. The molecule has 0 bridgehead atoms. The number of hydrogen-bond acceptors (Lipinski definition) is 3. The van der Waals surface area contributed by atoms with Gasteiger partial charge in [0.1, 0.15) is 5.75 Å². The average Bonchev–Trinajstić information content (AvgIpc) is 2.47. The third kappa shape index (κ3) is 4.09. The molecule has 0 aromatic heterocycles. The number of rotatable bonds is 6. The van der Waals surface area contributed by atoms with Crippen LogP contribution in [0.2, 0.25) is 0 Å². The Hall–Kier alpha value is -2.33. The van der Waals surface area contributed by atoms with Gasteiger partial charge in [-0.1, -0.05) is 24.3 Å². The predicted octanol–water partition coefficient (Wildman–Crippen LogP) is 3.33. The minimum atomic E-state index is -0.893. The van der Waals surface area contributed by atoms with Gasteiger partial charge >= 0.3 is 5.97 Å². The van der Waals surface area contributed by atoms with Crippen molar-refractivity contribution in [3.8, 4) is 5.75 Å². The molecular weight excluding hydrogens is 278 g/mol. The number of benzene rings is 2. The van der Waals surface area contributed by atoms with Gasteiger partial charge < -0.3 is 9.84 Å². The highest BCUT2D eigenvalue weighted by Gasteiger charge is 2.07. The van der Waals surface area contributed by atoms with Gasteiger partial charge in [0.2, 0.25) is 0 Å². The molecule has 0 aliphatic carbocycles. The van der Waals surface area contributed by atoms with E-state index in [0.717, 1.165) is 23.4 Å². The molecule has 1 N–H and O–H groups in total. The summed E-state index contributed by atoms with van der Waals surface area (Å²) in [6.07, 6.45) is 0. The highest BCUT2D eigenvalue weighted by molar-refractivity contribution is 5.87. The maximum Gasteiger partial charge on any atom is 0.335 e. The van der Waals surface area contributed by atoms with Crippen molar-refractivity contribution in [2.75, 3.05) is 14.2 Å². The van der Waals surface area contributed by atoms with E-state index >= 15 is 0 Å². The lowest BCUT2D eigenvalue weighted by Gasteiger charge is -2.18. The van der Waals surface area contributed by atoms with E-state index in [1.54, 1.807) is 25.3 Å². The second kappa shape index (κ2) is 7.09. The Kier molecular flexibility index (Phi) is 5.17. The lowest BCUT2D eigenvalue weighted by atomic mass is 10.1. The maximum absolute atomic E-state index is 11.0. The molecule has 4 heteroatoms. The summed E-state index contributed by atoms with van der Waals surface area (Å²) in [5, 5.41) is 9.03. The Morgan fingerprint density at radius 1 is 1.14 bits per heavy atom. The van der Waals surface area contributed by atoms with E-state index in [-0.39, 0.29) is 0 Å². The number of methoxy groups -OCH3 is 1. The fourth-order valence-corrected chi connectivity index (χ4v) is 2.52. The number of carboxylic acid groups (broad SMARTS) is 1. The molecule has 2 rings (SSSR count). The number of carboxylic acids is 1. The molecule has 0 radical (unpaired) electrons. The molecule has 2 aromatic rings. The van der Waals surface area contributed by atoms with E-state index in [9.17, 15) is 4.79 Å². The van der Waals surface area contributed by atoms with Crippen LogP contribution in [0.5, 0.6) is 5.75 Å². The molecule has 0 aliphatic rings. The van der Waals surface area contributed by atoms with Gasteiger partial charge in [-0.15, -0.1) is 0 Å². The van der Waals surface area contributed by atoms with Crippen LogP contribution < -0.4 is 4.74 Å². The van der Waals surface area contributed by atoms with Crippen LogP contribution in [0.15, 0.2) is 42.5 Å². The van der Waals surface area contributed by atoms with E-state index in [0.29, 0.717) is 12.1 Å². The number of nitrogens with zero attached hydrogens (tertiary/aromatic N) is 1. The minimum Gasteiger partial charge on any atom is -0.496 e.